The van der Waals surface area contributed by atoms with Gasteiger partial charge in [0.1, 0.15) is 0 Å². The summed E-state index contributed by atoms with van der Waals surface area (Å²) in [6.07, 6.45) is 3.49. The van der Waals surface area contributed by atoms with Gasteiger partial charge in [-0.05, 0) is 67.1 Å². The lowest BCUT2D eigenvalue weighted by molar-refractivity contribution is -0.115. The molecule has 2 aromatic rings. The van der Waals surface area contributed by atoms with Gasteiger partial charge in [0.2, 0.25) is 5.91 Å². The first-order chi connectivity index (χ1) is 13.2. The van der Waals surface area contributed by atoms with E-state index in [9.17, 15) is 9.59 Å². The van der Waals surface area contributed by atoms with Crippen molar-refractivity contribution in [2.45, 2.75) is 25.7 Å². The first-order valence-corrected chi connectivity index (χ1v) is 9.67. The average molecular weight is 400 g/mol. The SMILES string of the molecule is Cl.O=C(Cc1ccc(CC2CCNC2)cc1)Nc1ccc2c(c1)C(=O)NCC2. The molecule has 2 amide bonds. The normalized spacial score (nSPS) is 18.0. The number of carbonyl (C=O) groups excluding carboxylic acids is 2. The summed E-state index contributed by atoms with van der Waals surface area (Å²) in [6, 6.07) is 13.9. The number of halogens is 1. The number of amides is 2. The molecule has 0 aliphatic carbocycles. The van der Waals surface area contributed by atoms with E-state index in [1.165, 1.54) is 12.0 Å². The predicted molar refractivity (Wildman–Crippen MR) is 113 cm³/mol. The van der Waals surface area contributed by atoms with Gasteiger partial charge in [0.25, 0.3) is 5.91 Å². The second-order valence-electron chi connectivity index (χ2n) is 7.48. The molecule has 6 heteroatoms. The number of hydrogen-bond acceptors (Lipinski definition) is 3. The Kier molecular flexibility index (Phi) is 6.70. The van der Waals surface area contributed by atoms with Crippen molar-refractivity contribution in [3.05, 3.63) is 64.7 Å². The molecule has 2 aliphatic heterocycles. The Morgan fingerprint density at radius 2 is 1.86 bits per heavy atom. The minimum Gasteiger partial charge on any atom is -0.352 e. The monoisotopic (exact) mass is 399 g/mol. The lowest BCUT2D eigenvalue weighted by atomic mass is 9.97. The van der Waals surface area contributed by atoms with Gasteiger partial charge in [0, 0.05) is 17.8 Å². The molecule has 2 aromatic carbocycles. The minimum absolute atomic E-state index is 0. The average Bonchev–Trinajstić information content (AvgIpc) is 3.17. The maximum atomic E-state index is 12.4. The molecule has 2 aliphatic rings. The van der Waals surface area contributed by atoms with Crippen LogP contribution in [0.4, 0.5) is 5.69 Å². The van der Waals surface area contributed by atoms with E-state index < -0.39 is 0 Å². The number of fused-ring (bicyclic) bond motifs is 1. The van der Waals surface area contributed by atoms with Gasteiger partial charge in [0.15, 0.2) is 0 Å². The van der Waals surface area contributed by atoms with Crippen LogP contribution in [0.15, 0.2) is 42.5 Å². The van der Waals surface area contributed by atoms with Gasteiger partial charge in [-0.2, -0.15) is 0 Å². The van der Waals surface area contributed by atoms with Gasteiger partial charge in [0.05, 0.1) is 6.42 Å². The van der Waals surface area contributed by atoms with E-state index in [4.69, 9.17) is 0 Å². The molecule has 0 aromatic heterocycles. The maximum Gasteiger partial charge on any atom is 0.251 e. The molecule has 1 atom stereocenters. The topological polar surface area (TPSA) is 70.2 Å². The Morgan fingerprint density at radius 1 is 1.07 bits per heavy atom. The van der Waals surface area contributed by atoms with Crippen LogP contribution in [0.3, 0.4) is 0 Å². The zero-order chi connectivity index (χ0) is 18.6. The van der Waals surface area contributed by atoms with Crippen molar-refractivity contribution in [2.75, 3.05) is 25.0 Å². The molecule has 148 valence electrons. The van der Waals surface area contributed by atoms with E-state index in [0.717, 1.165) is 43.0 Å². The third-order valence-corrected chi connectivity index (χ3v) is 5.39. The van der Waals surface area contributed by atoms with Crippen molar-refractivity contribution < 1.29 is 9.59 Å². The number of carbonyl (C=O) groups is 2. The fourth-order valence-electron chi connectivity index (χ4n) is 3.90. The smallest absolute Gasteiger partial charge is 0.251 e. The number of anilines is 1. The highest BCUT2D eigenvalue weighted by molar-refractivity contribution is 5.99. The summed E-state index contributed by atoms with van der Waals surface area (Å²) in [5, 5.41) is 9.14. The van der Waals surface area contributed by atoms with Crippen LogP contribution in [0.1, 0.15) is 33.5 Å². The highest BCUT2D eigenvalue weighted by Gasteiger charge is 2.17. The van der Waals surface area contributed by atoms with Crippen molar-refractivity contribution >= 4 is 29.9 Å². The van der Waals surface area contributed by atoms with Crippen LogP contribution in [0.5, 0.6) is 0 Å². The largest absolute Gasteiger partial charge is 0.352 e. The summed E-state index contributed by atoms with van der Waals surface area (Å²) in [5.74, 6) is 0.583. The molecule has 0 saturated carbocycles. The summed E-state index contributed by atoms with van der Waals surface area (Å²) in [4.78, 5) is 24.3. The van der Waals surface area contributed by atoms with E-state index in [-0.39, 0.29) is 24.2 Å². The van der Waals surface area contributed by atoms with Crippen molar-refractivity contribution in [3.63, 3.8) is 0 Å². The van der Waals surface area contributed by atoms with E-state index in [0.29, 0.717) is 24.2 Å². The van der Waals surface area contributed by atoms with Crippen LogP contribution < -0.4 is 16.0 Å². The lowest BCUT2D eigenvalue weighted by Crippen LogP contribution is -2.31. The first kappa shape index (κ1) is 20.4. The molecule has 5 nitrogen and oxygen atoms in total. The molecule has 0 bridgehead atoms. The van der Waals surface area contributed by atoms with E-state index in [1.807, 2.05) is 24.3 Å². The Balaban J connectivity index is 0.00000225. The second-order valence-corrected chi connectivity index (χ2v) is 7.48. The minimum atomic E-state index is -0.0705. The molecule has 4 rings (SSSR count). The van der Waals surface area contributed by atoms with Crippen LogP contribution >= 0.6 is 12.4 Å². The van der Waals surface area contributed by atoms with E-state index >= 15 is 0 Å². The zero-order valence-electron chi connectivity index (χ0n) is 15.8. The molecule has 3 N–H and O–H groups in total. The molecule has 1 unspecified atom stereocenters. The molecule has 28 heavy (non-hydrogen) atoms. The lowest BCUT2D eigenvalue weighted by Gasteiger charge is -2.17. The van der Waals surface area contributed by atoms with Crippen molar-refractivity contribution in [2.24, 2.45) is 5.92 Å². The van der Waals surface area contributed by atoms with Gasteiger partial charge in [-0.25, -0.2) is 0 Å². The van der Waals surface area contributed by atoms with Crippen LogP contribution in [-0.4, -0.2) is 31.4 Å². The summed E-state index contributed by atoms with van der Waals surface area (Å²) in [6.45, 7) is 2.89. The Bertz CT molecular complexity index is 845. The van der Waals surface area contributed by atoms with Crippen LogP contribution in [0, 0.1) is 5.92 Å². The number of hydrogen-bond donors (Lipinski definition) is 3. The molecular formula is C22H26ClN3O2. The number of benzene rings is 2. The summed E-state index contributed by atoms with van der Waals surface area (Å²) >= 11 is 0. The van der Waals surface area contributed by atoms with Gasteiger partial charge < -0.3 is 16.0 Å². The molecule has 1 fully saturated rings. The summed E-state index contributed by atoms with van der Waals surface area (Å²) in [5.41, 5.74) is 4.68. The standard InChI is InChI=1S/C22H25N3O2.ClH/c26-21(25-19-6-5-18-8-10-24-22(27)20(18)13-19)12-16-3-1-15(2-4-16)11-17-7-9-23-14-17;/h1-6,13,17,23H,7-12,14H2,(H,24,27)(H,25,26);1H. The number of nitrogens with one attached hydrogen (secondary N) is 3. The second kappa shape index (κ2) is 9.22. The van der Waals surface area contributed by atoms with Gasteiger partial charge in [-0.3, -0.25) is 9.59 Å². The third-order valence-electron chi connectivity index (χ3n) is 5.39. The summed E-state index contributed by atoms with van der Waals surface area (Å²) in [7, 11) is 0. The highest BCUT2D eigenvalue weighted by atomic mass is 35.5. The van der Waals surface area contributed by atoms with Crippen LogP contribution in [0.25, 0.3) is 0 Å². The van der Waals surface area contributed by atoms with Crippen LogP contribution in [0.2, 0.25) is 0 Å². The van der Waals surface area contributed by atoms with E-state index in [1.54, 1.807) is 6.07 Å². The quantitative estimate of drug-likeness (QED) is 0.724. The van der Waals surface area contributed by atoms with E-state index in [2.05, 4.69) is 28.1 Å². The fourth-order valence-corrected chi connectivity index (χ4v) is 3.90. The molecule has 0 radical (unpaired) electrons. The Labute approximate surface area is 171 Å². The predicted octanol–water partition coefficient (Wildman–Crippen LogP) is 2.73. The van der Waals surface area contributed by atoms with Gasteiger partial charge >= 0.3 is 0 Å². The molecule has 2 heterocycles. The Morgan fingerprint density at radius 3 is 2.61 bits per heavy atom. The molecular weight excluding hydrogens is 374 g/mol. The van der Waals surface area contributed by atoms with Crippen LogP contribution in [-0.2, 0) is 24.1 Å². The first-order valence-electron chi connectivity index (χ1n) is 9.67. The molecule has 1 saturated heterocycles. The number of rotatable bonds is 5. The Hall–Kier alpha value is -2.37. The third kappa shape index (κ3) is 4.91. The summed E-state index contributed by atoms with van der Waals surface area (Å²) < 4.78 is 0. The zero-order valence-corrected chi connectivity index (χ0v) is 16.6. The van der Waals surface area contributed by atoms with Gasteiger partial charge in [-0.1, -0.05) is 30.3 Å². The highest BCUT2D eigenvalue weighted by Crippen LogP contribution is 2.20. The maximum absolute atomic E-state index is 12.4. The van der Waals surface area contributed by atoms with Crippen molar-refractivity contribution in [1.29, 1.82) is 0 Å². The van der Waals surface area contributed by atoms with Gasteiger partial charge in [-0.15, -0.1) is 12.4 Å². The molecule has 0 spiro atoms. The van der Waals surface area contributed by atoms with Crippen molar-refractivity contribution in [3.8, 4) is 0 Å². The van der Waals surface area contributed by atoms with Crippen molar-refractivity contribution in [1.82, 2.24) is 10.6 Å². The fraction of sp³-hybridized carbons (Fsp3) is 0.364.